The normalized spacial score (nSPS) is 11.8. The van der Waals surface area contributed by atoms with Crippen LogP contribution in [-0.2, 0) is 4.74 Å². The largest absolute Gasteiger partial charge is 0.478 e. The van der Waals surface area contributed by atoms with Gasteiger partial charge in [-0.2, -0.15) is 0 Å². The minimum atomic E-state index is -1.10. The number of carbonyl (C=O) groups excluding carboxylic acids is 1. The van der Waals surface area contributed by atoms with Crippen molar-refractivity contribution in [2.45, 2.75) is 19.9 Å². The second-order valence-electron chi connectivity index (χ2n) is 4.55. The highest BCUT2D eigenvalue weighted by atomic mass is 35.5. The number of likely N-dealkylation sites (N-methyl/N-ethyl adjacent to an activating group) is 1. The number of ether oxygens (including phenoxy) is 1. The van der Waals surface area contributed by atoms with Crippen LogP contribution in [0.1, 0.15) is 24.2 Å². The number of carbonyl (C=O) groups is 2. The van der Waals surface area contributed by atoms with Crippen molar-refractivity contribution in [1.82, 2.24) is 4.90 Å². The van der Waals surface area contributed by atoms with Crippen LogP contribution in [0, 0.1) is 0 Å². The Morgan fingerprint density at radius 2 is 2.10 bits per heavy atom. The Kier molecular flexibility index (Phi) is 6.45. The summed E-state index contributed by atoms with van der Waals surface area (Å²) in [7, 11) is 1.57. The summed E-state index contributed by atoms with van der Waals surface area (Å²) < 4.78 is 5.04. The third-order valence-electron chi connectivity index (χ3n) is 2.94. The van der Waals surface area contributed by atoms with Gasteiger partial charge in [0.15, 0.2) is 0 Å². The highest BCUT2D eigenvalue weighted by Crippen LogP contribution is 2.20. The van der Waals surface area contributed by atoms with Crippen molar-refractivity contribution in [3.63, 3.8) is 0 Å². The number of nitrogens with one attached hydrogen (secondary N) is 1. The molecule has 2 amide bonds. The lowest BCUT2D eigenvalue weighted by molar-refractivity contribution is 0.0697. The van der Waals surface area contributed by atoms with Crippen molar-refractivity contribution >= 4 is 29.3 Å². The third-order valence-corrected chi connectivity index (χ3v) is 3.16. The van der Waals surface area contributed by atoms with Crippen molar-refractivity contribution in [3.05, 3.63) is 28.8 Å². The number of methoxy groups -OCH3 is 1. The van der Waals surface area contributed by atoms with Crippen LogP contribution in [0.2, 0.25) is 5.02 Å². The Morgan fingerprint density at radius 3 is 2.62 bits per heavy atom. The number of carboxylic acid groups (broad SMARTS) is 1. The number of amides is 2. The minimum absolute atomic E-state index is 0.0192. The molecule has 1 aromatic carbocycles. The molecule has 1 rings (SSSR count). The molecule has 0 heterocycles. The van der Waals surface area contributed by atoms with Gasteiger partial charge in [-0.3, -0.25) is 0 Å². The molecule has 21 heavy (non-hydrogen) atoms. The molecule has 0 saturated heterocycles. The summed E-state index contributed by atoms with van der Waals surface area (Å²) in [5.74, 6) is -1.10. The molecule has 0 radical (unpaired) electrons. The van der Waals surface area contributed by atoms with Crippen LogP contribution < -0.4 is 5.32 Å². The highest BCUT2D eigenvalue weighted by molar-refractivity contribution is 6.31. The lowest BCUT2D eigenvalue weighted by atomic mass is 10.2. The molecule has 0 spiro atoms. The first-order valence-corrected chi connectivity index (χ1v) is 6.87. The fourth-order valence-electron chi connectivity index (χ4n) is 1.97. The highest BCUT2D eigenvalue weighted by Gasteiger charge is 2.19. The summed E-state index contributed by atoms with van der Waals surface area (Å²) in [4.78, 5) is 24.8. The molecule has 116 valence electrons. The Morgan fingerprint density at radius 1 is 1.43 bits per heavy atom. The van der Waals surface area contributed by atoms with Gasteiger partial charge in [0.1, 0.15) is 0 Å². The number of anilines is 1. The average molecular weight is 315 g/mol. The first kappa shape index (κ1) is 17.3. The standard InChI is InChI=1S/C14H19ClN2O4/c1-4-17(9(2)8-21-3)14(20)16-12-6-10(13(18)19)5-11(15)7-12/h5-7,9H,4,8H2,1-3H3,(H,16,20)(H,18,19). The van der Waals surface area contributed by atoms with E-state index >= 15 is 0 Å². The molecule has 0 bridgehead atoms. The van der Waals surface area contributed by atoms with Crippen LogP contribution in [0.15, 0.2) is 18.2 Å². The Labute approximate surface area is 128 Å². The monoisotopic (exact) mass is 314 g/mol. The van der Waals surface area contributed by atoms with E-state index in [9.17, 15) is 9.59 Å². The fourth-order valence-corrected chi connectivity index (χ4v) is 2.20. The number of halogens is 1. The molecule has 6 nitrogen and oxygen atoms in total. The van der Waals surface area contributed by atoms with Crippen LogP contribution in [0.25, 0.3) is 0 Å². The topological polar surface area (TPSA) is 78.9 Å². The smallest absolute Gasteiger partial charge is 0.335 e. The number of urea groups is 1. The summed E-state index contributed by atoms with van der Waals surface area (Å²) in [5, 5.41) is 11.9. The summed E-state index contributed by atoms with van der Waals surface area (Å²) in [6.07, 6.45) is 0. The second-order valence-corrected chi connectivity index (χ2v) is 4.99. The van der Waals surface area contributed by atoms with E-state index in [2.05, 4.69) is 5.32 Å². The van der Waals surface area contributed by atoms with E-state index in [0.717, 1.165) is 0 Å². The quantitative estimate of drug-likeness (QED) is 0.846. The van der Waals surface area contributed by atoms with E-state index in [1.165, 1.54) is 18.2 Å². The van der Waals surface area contributed by atoms with Gasteiger partial charge in [0.25, 0.3) is 0 Å². The molecular weight excluding hydrogens is 296 g/mol. The Bertz CT molecular complexity index is 522. The van der Waals surface area contributed by atoms with Crippen molar-refractivity contribution < 1.29 is 19.4 Å². The van der Waals surface area contributed by atoms with Gasteiger partial charge in [0, 0.05) is 24.4 Å². The molecule has 0 aromatic heterocycles. The molecule has 7 heteroatoms. The van der Waals surface area contributed by atoms with Crippen LogP contribution in [0.3, 0.4) is 0 Å². The zero-order valence-corrected chi connectivity index (χ0v) is 13.0. The summed E-state index contributed by atoms with van der Waals surface area (Å²) in [6.45, 7) is 4.64. The molecule has 1 atom stereocenters. The number of nitrogens with zero attached hydrogens (tertiary/aromatic N) is 1. The van der Waals surface area contributed by atoms with Crippen LogP contribution in [0.5, 0.6) is 0 Å². The number of carboxylic acids is 1. The van der Waals surface area contributed by atoms with E-state index in [4.69, 9.17) is 21.4 Å². The first-order valence-electron chi connectivity index (χ1n) is 6.49. The molecular formula is C14H19ClN2O4. The number of aromatic carboxylic acids is 1. The number of hydrogen-bond acceptors (Lipinski definition) is 3. The van der Waals surface area contributed by atoms with Gasteiger partial charge >= 0.3 is 12.0 Å². The van der Waals surface area contributed by atoms with E-state index < -0.39 is 5.97 Å². The predicted octanol–water partition coefficient (Wildman–Crippen LogP) is 2.93. The van der Waals surface area contributed by atoms with Crippen LogP contribution in [0.4, 0.5) is 10.5 Å². The van der Waals surface area contributed by atoms with Crippen molar-refractivity contribution in [3.8, 4) is 0 Å². The molecule has 2 N–H and O–H groups in total. The van der Waals surface area contributed by atoms with Gasteiger partial charge in [-0.05, 0) is 32.0 Å². The number of hydrogen-bond donors (Lipinski definition) is 2. The number of benzene rings is 1. The van der Waals surface area contributed by atoms with Crippen LogP contribution in [-0.4, -0.2) is 48.3 Å². The summed E-state index contributed by atoms with van der Waals surface area (Å²) in [6, 6.07) is 3.76. The Hall–Kier alpha value is -1.79. The summed E-state index contributed by atoms with van der Waals surface area (Å²) in [5.41, 5.74) is 0.360. The molecule has 1 aromatic rings. The molecule has 1 unspecified atom stereocenters. The summed E-state index contributed by atoms with van der Waals surface area (Å²) >= 11 is 5.86. The lowest BCUT2D eigenvalue weighted by Crippen LogP contribution is -2.43. The zero-order valence-electron chi connectivity index (χ0n) is 12.2. The van der Waals surface area contributed by atoms with Crippen LogP contribution >= 0.6 is 11.6 Å². The SMILES string of the molecule is CCN(C(=O)Nc1cc(Cl)cc(C(=O)O)c1)C(C)COC. The second kappa shape index (κ2) is 7.85. The maximum atomic E-state index is 12.2. The first-order chi connectivity index (χ1) is 9.88. The molecule has 0 saturated carbocycles. The fraction of sp³-hybridized carbons (Fsp3) is 0.429. The Balaban J connectivity index is 2.88. The van der Waals surface area contributed by atoms with E-state index in [0.29, 0.717) is 18.8 Å². The molecule has 0 aliphatic carbocycles. The zero-order chi connectivity index (χ0) is 16.0. The van der Waals surface area contributed by atoms with E-state index in [-0.39, 0.29) is 22.7 Å². The van der Waals surface area contributed by atoms with Crippen molar-refractivity contribution in [2.75, 3.05) is 25.6 Å². The number of rotatable bonds is 6. The van der Waals surface area contributed by atoms with Crippen molar-refractivity contribution in [1.29, 1.82) is 0 Å². The molecule has 0 fully saturated rings. The van der Waals surface area contributed by atoms with Gasteiger partial charge in [0.05, 0.1) is 18.2 Å². The average Bonchev–Trinajstić information content (AvgIpc) is 2.38. The minimum Gasteiger partial charge on any atom is -0.478 e. The molecule has 0 aliphatic rings. The predicted molar refractivity (Wildman–Crippen MR) is 81.1 cm³/mol. The maximum absolute atomic E-state index is 12.2. The maximum Gasteiger partial charge on any atom is 0.335 e. The third kappa shape index (κ3) is 4.91. The van der Waals surface area contributed by atoms with Gasteiger partial charge in [-0.1, -0.05) is 11.6 Å². The van der Waals surface area contributed by atoms with Gasteiger partial charge in [-0.25, -0.2) is 9.59 Å². The van der Waals surface area contributed by atoms with Gasteiger partial charge in [-0.15, -0.1) is 0 Å². The van der Waals surface area contributed by atoms with E-state index in [1.54, 1.807) is 12.0 Å². The van der Waals surface area contributed by atoms with Gasteiger partial charge < -0.3 is 20.1 Å². The lowest BCUT2D eigenvalue weighted by Gasteiger charge is -2.27. The van der Waals surface area contributed by atoms with E-state index in [1.807, 2.05) is 13.8 Å². The molecule has 0 aliphatic heterocycles. The van der Waals surface area contributed by atoms with Gasteiger partial charge in [0.2, 0.25) is 0 Å². The van der Waals surface area contributed by atoms with Crippen molar-refractivity contribution in [2.24, 2.45) is 0 Å².